The first kappa shape index (κ1) is 15.4. The van der Waals surface area contributed by atoms with E-state index in [0.29, 0.717) is 15.7 Å². The molecule has 3 N–H and O–H groups in total. The van der Waals surface area contributed by atoms with Crippen molar-refractivity contribution < 1.29 is 4.79 Å². The van der Waals surface area contributed by atoms with Crippen LogP contribution < -0.4 is 11.1 Å². The van der Waals surface area contributed by atoms with Crippen molar-refractivity contribution in [3.05, 3.63) is 63.6 Å². The van der Waals surface area contributed by atoms with Gasteiger partial charge in [-0.15, -0.1) is 0 Å². The van der Waals surface area contributed by atoms with E-state index in [-0.39, 0.29) is 18.0 Å². The number of nitrogens with two attached hydrogens (primary N) is 1. The third kappa shape index (κ3) is 3.99. The van der Waals surface area contributed by atoms with Gasteiger partial charge in [-0.3, -0.25) is 4.79 Å². The van der Waals surface area contributed by atoms with Gasteiger partial charge in [-0.05, 0) is 30.3 Å². The van der Waals surface area contributed by atoms with Gasteiger partial charge in [0.15, 0.2) is 0 Å². The number of carbonyl (C=O) groups is 1. The monoisotopic (exact) mass is 318 g/mol. The molecular weight excluding hydrogens is 307 g/mol. The van der Waals surface area contributed by atoms with Gasteiger partial charge in [0.1, 0.15) is 0 Å². The van der Waals surface area contributed by atoms with Crippen LogP contribution in [0, 0.1) is 11.8 Å². The van der Waals surface area contributed by atoms with Crippen molar-refractivity contribution in [2.75, 3.05) is 11.9 Å². The van der Waals surface area contributed by atoms with Gasteiger partial charge in [0.05, 0.1) is 22.2 Å². The number of amides is 1. The fraction of sp³-hybridized carbons (Fsp3) is 0.0625. The van der Waals surface area contributed by atoms with Gasteiger partial charge in [-0.1, -0.05) is 47.2 Å². The van der Waals surface area contributed by atoms with Crippen molar-refractivity contribution in [3.8, 4) is 11.8 Å². The molecule has 0 aliphatic carbocycles. The first-order valence-electron chi connectivity index (χ1n) is 6.16. The van der Waals surface area contributed by atoms with E-state index >= 15 is 0 Å². The number of carbonyl (C=O) groups excluding carboxylic acids is 1. The van der Waals surface area contributed by atoms with Crippen LogP contribution in [0.15, 0.2) is 42.5 Å². The molecule has 0 saturated heterocycles. The van der Waals surface area contributed by atoms with Gasteiger partial charge < -0.3 is 11.1 Å². The lowest BCUT2D eigenvalue weighted by atomic mass is 10.1. The van der Waals surface area contributed by atoms with Crippen LogP contribution in [-0.2, 0) is 0 Å². The van der Waals surface area contributed by atoms with Gasteiger partial charge in [0.2, 0.25) is 0 Å². The maximum atomic E-state index is 12.2. The molecule has 0 bridgehead atoms. The third-order valence-corrected chi connectivity index (χ3v) is 3.27. The molecule has 0 aliphatic rings. The molecule has 0 saturated carbocycles. The number of anilines is 1. The summed E-state index contributed by atoms with van der Waals surface area (Å²) < 4.78 is 0. The van der Waals surface area contributed by atoms with Crippen LogP contribution in [0.1, 0.15) is 15.9 Å². The average Bonchev–Trinajstić information content (AvgIpc) is 2.45. The zero-order valence-electron chi connectivity index (χ0n) is 11.0. The van der Waals surface area contributed by atoms with E-state index in [4.69, 9.17) is 28.9 Å². The lowest BCUT2D eigenvalue weighted by molar-refractivity contribution is 0.102. The summed E-state index contributed by atoms with van der Waals surface area (Å²) in [5.41, 5.74) is 6.96. The Labute approximate surface area is 133 Å². The van der Waals surface area contributed by atoms with E-state index in [1.54, 1.807) is 36.4 Å². The van der Waals surface area contributed by atoms with Gasteiger partial charge in [0.25, 0.3) is 5.91 Å². The number of halogens is 2. The molecule has 0 unspecified atom stereocenters. The van der Waals surface area contributed by atoms with E-state index in [0.717, 1.165) is 5.56 Å². The molecule has 0 spiro atoms. The number of hydrogen-bond acceptors (Lipinski definition) is 2. The molecule has 2 rings (SSSR count). The number of hydrogen-bond donors (Lipinski definition) is 2. The summed E-state index contributed by atoms with van der Waals surface area (Å²) in [5, 5.41) is 3.36. The molecular formula is C16H12Cl2N2O. The Hall–Kier alpha value is -1.99. The van der Waals surface area contributed by atoms with E-state index in [2.05, 4.69) is 17.2 Å². The van der Waals surface area contributed by atoms with Crippen LogP contribution in [-0.4, -0.2) is 12.5 Å². The average molecular weight is 319 g/mol. The second-order valence-corrected chi connectivity index (χ2v) is 4.95. The zero-order valence-corrected chi connectivity index (χ0v) is 12.5. The maximum absolute atomic E-state index is 12.2. The molecule has 0 radical (unpaired) electrons. The summed E-state index contributed by atoms with van der Waals surface area (Å²) in [6.07, 6.45) is 0. The molecule has 2 aromatic carbocycles. The van der Waals surface area contributed by atoms with Gasteiger partial charge in [0, 0.05) is 11.3 Å². The van der Waals surface area contributed by atoms with Crippen molar-refractivity contribution in [2.45, 2.75) is 0 Å². The molecule has 2 aromatic rings. The molecule has 106 valence electrons. The fourth-order valence-corrected chi connectivity index (χ4v) is 2.31. The summed E-state index contributed by atoms with van der Waals surface area (Å²) in [4.78, 5) is 12.2. The van der Waals surface area contributed by atoms with E-state index in [1.165, 1.54) is 0 Å². The second-order valence-electron chi connectivity index (χ2n) is 4.14. The highest BCUT2D eigenvalue weighted by Crippen LogP contribution is 2.25. The summed E-state index contributed by atoms with van der Waals surface area (Å²) in [7, 11) is 0. The first-order valence-corrected chi connectivity index (χ1v) is 6.92. The predicted molar refractivity (Wildman–Crippen MR) is 86.8 cm³/mol. The minimum absolute atomic E-state index is 0.249. The Morgan fingerprint density at radius 1 is 1.14 bits per heavy atom. The summed E-state index contributed by atoms with van der Waals surface area (Å²) in [5.74, 6) is 5.29. The Bertz CT molecular complexity index is 712. The standard InChI is InChI=1S/C16H12Cl2N2O/c17-13-7-2-8-14(18)15(13)16(21)20-12-6-1-4-11(10-12)5-3-9-19/h1-2,4,6-8,10H,9,19H2,(H,20,21). The molecule has 1 amide bonds. The largest absolute Gasteiger partial charge is 0.322 e. The quantitative estimate of drug-likeness (QED) is 0.832. The Morgan fingerprint density at radius 3 is 2.48 bits per heavy atom. The van der Waals surface area contributed by atoms with Crippen molar-refractivity contribution in [1.82, 2.24) is 0 Å². The molecule has 0 aromatic heterocycles. The number of rotatable bonds is 2. The molecule has 5 heteroatoms. The summed E-state index contributed by atoms with van der Waals surface area (Å²) in [6, 6.07) is 12.1. The van der Waals surface area contributed by atoms with Crippen molar-refractivity contribution >= 4 is 34.8 Å². The van der Waals surface area contributed by atoms with Crippen LogP contribution in [0.5, 0.6) is 0 Å². The van der Waals surface area contributed by atoms with Crippen molar-refractivity contribution in [1.29, 1.82) is 0 Å². The van der Waals surface area contributed by atoms with Gasteiger partial charge in [-0.25, -0.2) is 0 Å². The zero-order chi connectivity index (χ0) is 15.2. The van der Waals surface area contributed by atoms with Crippen molar-refractivity contribution in [3.63, 3.8) is 0 Å². The minimum Gasteiger partial charge on any atom is -0.322 e. The summed E-state index contributed by atoms with van der Waals surface area (Å²) >= 11 is 12.0. The Kier molecular flexibility index (Phi) is 5.24. The van der Waals surface area contributed by atoms with Crippen molar-refractivity contribution in [2.24, 2.45) is 5.73 Å². The van der Waals surface area contributed by atoms with Crippen LogP contribution >= 0.6 is 23.2 Å². The predicted octanol–water partition coefficient (Wildman–Crippen LogP) is 3.56. The smallest absolute Gasteiger partial charge is 0.258 e. The number of benzene rings is 2. The highest BCUT2D eigenvalue weighted by atomic mass is 35.5. The molecule has 0 atom stereocenters. The maximum Gasteiger partial charge on any atom is 0.258 e. The van der Waals surface area contributed by atoms with E-state index in [9.17, 15) is 4.79 Å². The molecule has 21 heavy (non-hydrogen) atoms. The second kappa shape index (κ2) is 7.14. The summed E-state index contributed by atoms with van der Waals surface area (Å²) in [6.45, 7) is 0.284. The van der Waals surface area contributed by atoms with Crippen LogP contribution in [0.2, 0.25) is 10.0 Å². The molecule has 3 nitrogen and oxygen atoms in total. The van der Waals surface area contributed by atoms with Gasteiger partial charge >= 0.3 is 0 Å². The SMILES string of the molecule is NCC#Cc1cccc(NC(=O)c2c(Cl)cccc2Cl)c1. The van der Waals surface area contributed by atoms with Gasteiger partial charge in [-0.2, -0.15) is 0 Å². The van der Waals surface area contributed by atoms with Crippen LogP contribution in [0.3, 0.4) is 0 Å². The lowest BCUT2D eigenvalue weighted by Crippen LogP contribution is -2.13. The minimum atomic E-state index is -0.366. The Morgan fingerprint density at radius 2 is 1.81 bits per heavy atom. The highest BCUT2D eigenvalue weighted by molar-refractivity contribution is 6.40. The molecule has 0 fully saturated rings. The van der Waals surface area contributed by atoms with Crippen LogP contribution in [0.25, 0.3) is 0 Å². The molecule has 0 aliphatic heterocycles. The lowest BCUT2D eigenvalue weighted by Gasteiger charge is -2.08. The normalized spacial score (nSPS) is 9.67. The fourth-order valence-electron chi connectivity index (χ4n) is 1.74. The topological polar surface area (TPSA) is 55.1 Å². The van der Waals surface area contributed by atoms with Crippen LogP contribution in [0.4, 0.5) is 5.69 Å². The van der Waals surface area contributed by atoms with E-state index in [1.807, 2.05) is 6.07 Å². The van der Waals surface area contributed by atoms with E-state index < -0.39 is 0 Å². The first-order chi connectivity index (χ1) is 10.1. The Balaban J connectivity index is 2.24. The third-order valence-electron chi connectivity index (χ3n) is 2.65. The molecule has 0 heterocycles. The number of nitrogens with one attached hydrogen (secondary N) is 1. The highest BCUT2D eigenvalue weighted by Gasteiger charge is 2.14.